The molecule has 35 heavy (non-hydrogen) atoms. The molecule has 4 rings (SSSR count). The van der Waals surface area contributed by atoms with Crippen LogP contribution in [0.25, 0.3) is 16.5 Å². The van der Waals surface area contributed by atoms with Crippen LogP contribution in [0.3, 0.4) is 0 Å². The van der Waals surface area contributed by atoms with Gasteiger partial charge < -0.3 is 4.74 Å². The number of thiazole rings is 1. The van der Waals surface area contributed by atoms with Crippen LogP contribution >= 0.6 is 23.1 Å². The van der Waals surface area contributed by atoms with Crippen molar-refractivity contribution in [3.05, 3.63) is 71.2 Å². The first kappa shape index (κ1) is 24.6. The number of thioether (sulfide) groups is 1. The third kappa shape index (κ3) is 5.95. The topological polar surface area (TPSA) is 94.3 Å². The van der Waals surface area contributed by atoms with Crippen molar-refractivity contribution in [3.8, 4) is 22.3 Å². The minimum Gasteiger partial charge on any atom is -0.497 e. The number of hydrazone groups is 1. The molecular formula is C25H26N6O2S2. The molecule has 8 nitrogen and oxygen atoms in total. The maximum absolute atomic E-state index is 12.5. The second kappa shape index (κ2) is 11.3. The summed E-state index contributed by atoms with van der Waals surface area (Å²) in [5, 5.41) is 16.5. The Hall–Kier alpha value is -3.50. The van der Waals surface area contributed by atoms with Crippen LogP contribution < -0.4 is 10.2 Å². The highest BCUT2D eigenvalue weighted by Crippen LogP contribution is 2.31. The van der Waals surface area contributed by atoms with Gasteiger partial charge in [-0.15, -0.1) is 21.5 Å². The predicted octanol–water partition coefficient (Wildman–Crippen LogP) is 5.16. The third-order valence-electron chi connectivity index (χ3n) is 5.14. The van der Waals surface area contributed by atoms with Gasteiger partial charge in [0, 0.05) is 11.1 Å². The summed E-state index contributed by atoms with van der Waals surface area (Å²) in [5.41, 5.74) is 6.15. The molecular weight excluding hydrogens is 480 g/mol. The molecule has 0 unspecified atom stereocenters. The Morgan fingerprint density at radius 2 is 1.89 bits per heavy atom. The molecule has 0 aliphatic heterocycles. The maximum atomic E-state index is 12.5. The summed E-state index contributed by atoms with van der Waals surface area (Å²) < 4.78 is 7.11. The van der Waals surface area contributed by atoms with Gasteiger partial charge in [0.25, 0.3) is 5.91 Å². The van der Waals surface area contributed by atoms with E-state index in [9.17, 15) is 4.79 Å². The summed E-state index contributed by atoms with van der Waals surface area (Å²) in [6.45, 7) is 6.06. The van der Waals surface area contributed by atoms with E-state index >= 15 is 0 Å². The van der Waals surface area contributed by atoms with Crippen LogP contribution in [0.2, 0.25) is 0 Å². The molecule has 0 aliphatic rings. The van der Waals surface area contributed by atoms with E-state index in [-0.39, 0.29) is 11.7 Å². The number of hydrogen-bond acceptors (Lipinski definition) is 8. The van der Waals surface area contributed by atoms with Gasteiger partial charge in [0.2, 0.25) is 0 Å². The minimum atomic E-state index is -0.233. The number of nitrogens with zero attached hydrogens (tertiary/aromatic N) is 5. The highest BCUT2D eigenvalue weighted by Gasteiger charge is 2.20. The Bertz CT molecular complexity index is 1310. The standard InChI is InChI=1S/C25H26N6O2S2/c1-16(2)21-14-34-24(26-21)23-29-30-25(31(23)19-8-6-5-7-9-19)35-15-22(32)28-27-17(3)18-10-12-20(33-4)13-11-18/h5-14,16H,15H2,1-4H3,(H,28,32)/b27-17+. The van der Waals surface area contributed by atoms with Crippen molar-refractivity contribution in [1.82, 2.24) is 25.2 Å². The van der Waals surface area contributed by atoms with Crippen molar-refractivity contribution in [2.24, 2.45) is 5.10 Å². The Kier molecular flexibility index (Phi) is 7.94. The number of para-hydroxylation sites is 1. The molecule has 1 N–H and O–H groups in total. The van der Waals surface area contributed by atoms with Gasteiger partial charge >= 0.3 is 0 Å². The Morgan fingerprint density at radius 3 is 2.54 bits per heavy atom. The van der Waals surface area contributed by atoms with Crippen molar-refractivity contribution >= 4 is 34.7 Å². The van der Waals surface area contributed by atoms with Crippen LogP contribution in [0.1, 0.15) is 37.9 Å². The van der Waals surface area contributed by atoms with E-state index in [0.29, 0.717) is 22.6 Å². The Balaban J connectivity index is 1.49. The van der Waals surface area contributed by atoms with Crippen LogP contribution in [-0.4, -0.2) is 44.2 Å². The molecule has 0 saturated heterocycles. The van der Waals surface area contributed by atoms with Crippen molar-refractivity contribution < 1.29 is 9.53 Å². The molecule has 2 aromatic heterocycles. The van der Waals surface area contributed by atoms with Gasteiger partial charge in [-0.2, -0.15) is 5.10 Å². The fourth-order valence-corrected chi connectivity index (χ4v) is 4.87. The zero-order valence-electron chi connectivity index (χ0n) is 19.9. The van der Waals surface area contributed by atoms with Crippen LogP contribution in [0.5, 0.6) is 5.75 Å². The number of benzene rings is 2. The van der Waals surface area contributed by atoms with E-state index in [0.717, 1.165) is 27.7 Å². The van der Waals surface area contributed by atoms with Crippen LogP contribution in [0, 0.1) is 0 Å². The first-order valence-electron chi connectivity index (χ1n) is 11.0. The molecule has 180 valence electrons. The van der Waals surface area contributed by atoms with E-state index in [2.05, 4.69) is 34.6 Å². The van der Waals surface area contributed by atoms with Gasteiger partial charge in [-0.3, -0.25) is 9.36 Å². The molecule has 0 saturated carbocycles. The van der Waals surface area contributed by atoms with Crippen molar-refractivity contribution in [2.45, 2.75) is 31.8 Å². The number of rotatable bonds is 9. The number of carbonyl (C=O) groups is 1. The number of nitrogens with one attached hydrogen (secondary N) is 1. The zero-order valence-corrected chi connectivity index (χ0v) is 21.6. The monoisotopic (exact) mass is 506 g/mol. The summed E-state index contributed by atoms with van der Waals surface area (Å²) >= 11 is 2.84. The lowest BCUT2D eigenvalue weighted by Gasteiger charge is -2.09. The van der Waals surface area contributed by atoms with E-state index in [1.54, 1.807) is 18.4 Å². The molecule has 0 spiro atoms. The smallest absolute Gasteiger partial charge is 0.250 e. The van der Waals surface area contributed by atoms with Crippen molar-refractivity contribution in [3.63, 3.8) is 0 Å². The number of carbonyl (C=O) groups excluding carboxylic acids is 1. The van der Waals surface area contributed by atoms with Gasteiger partial charge in [0.05, 0.1) is 24.3 Å². The molecule has 4 aromatic rings. The summed E-state index contributed by atoms with van der Waals surface area (Å²) in [5.74, 6) is 1.65. The summed E-state index contributed by atoms with van der Waals surface area (Å²) in [7, 11) is 1.62. The molecule has 0 atom stereocenters. The fourth-order valence-electron chi connectivity index (χ4n) is 3.17. The molecule has 0 fully saturated rings. The highest BCUT2D eigenvalue weighted by molar-refractivity contribution is 7.99. The summed E-state index contributed by atoms with van der Waals surface area (Å²) in [6.07, 6.45) is 0. The quantitative estimate of drug-likeness (QED) is 0.192. The van der Waals surface area contributed by atoms with Crippen LogP contribution in [0.4, 0.5) is 0 Å². The minimum absolute atomic E-state index is 0.138. The first-order chi connectivity index (χ1) is 17.0. The number of aromatic nitrogens is 4. The van der Waals surface area contributed by atoms with Crippen molar-refractivity contribution in [1.29, 1.82) is 0 Å². The number of ether oxygens (including phenoxy) is 1. The SMILES string of the molecule is COc1ccc(/C(C)=N/NC(=O)CSc2nnc(-c3nc(C(C)C)cs3)n2-c2ccccc2)cc1. The molecule has 1 amide bonds. The number of amides is 1. The second-order valence-corrected chi connectivity index (χ2v) is 9.76. The average molecular weight is 507 g/mol. The Morgan fingerprint density at radius 1 is 1.14 bits per heavy atom. The van der Waals surface area contributed by atoms with Crippen LogP contribution in [-0.2, 0) is 4.79 Å². The Labute approximate surface area is 212 Å². The van der Waals surface area contributed by atoms with Gasteiger partial charge in [0.15, 0.2) is 16.0 Å². The lowest BCUT2D eigenvalue weighted by molar-refractivity contribution is -0.118. The molecule has 10 heteroatoms. The van der Waals surface area contributed by atoms with E-state index in [1.807, 2.05) is 71.5 Å². The van der Waals surface area contributed by atoms with E-state index in [4.69, 9.17) is 9.72 Å². The summed E-state index contributed by atoms with van der Waals surface area (Å²) in [6, 6.07) is 17.3. The largest absolute Gasteiger partial charge is 0.497 e. The van der Waals surface area contributed by atoms with Gasteiger partial charge in [-0.25, -0.2) is 10.4 Å². The molecule has 2 heterocycles. The molecule has 0 bridgehead atoms. The molecule has 2 aromatic carbocycles. The van der Waals surface area contributed by atoms with E-state index < -0.39 is 0 Å². The first-order valence-corrected chi connectivity index (χ1v) is 12.9. The number of hydrogen-bond donors (Lipinski definition) is 1. The number of methoxy groups -OCH3 is 1. The zero-order chi connectivity index (χ0) is 24.8. The van der Waals surface area contributed by atoms with E-state index in [1.165, 1.54) is 11.8 Å². The lowest BCUT2D eigenvalue weighted by atomic mass is 10.1. The second-order valence-electron chi connectivity index (χ2n) is 7.96. The van der Waals surface area contributed by atoms with Gasteiger partial charge in [0.1, 0.15) is 5.75 Å². The van der Waals surface area contributed by atoms with Gasteiger partial charge in [-0.1, -0.05) is 43.8 Å². The average Bonchev–Trinajstić information content (AvgIpc) is 3.54. The predicted molar refractivity (Wildman–Crippen MR) is 141 cm³/mol. The summed E-state index contributed by atoms with van der Waals surface area (Å²) in [4.78, 5) is 17.3. The molecule has 0 aliphatic carbocycles. The normalized spacial score (nSPS) is 11.6. The third-order valence-corrected chi connectivity index (χ3v) is 6.93. The lowest BCUT2D eigenvalue weighted by Crippen LogP contribution is -2.21. The molecule has 0 radical (unpaired) electrons. The van der Waals surface area contributed by atoms with Crippen LogP contribution in [0.15, 0.2) is 70.2 Å². The fraction of sp³-hybridized carbons (Fsp3) is 0.240. The van der Waals surface area contributed by atoms with Gasteiger partial charge in [-0.05, 0) is 54.8 Å². The maximum Gasteiger partial charge on any atom is 0.250 e. The van der Waals surface area contributed by atoms with Crippen molar-refractivity contribution in [2.75, 3.05) is 12.9 Å². The highest BCUT2D eigenvalue weighted by atomic mass is 32.2.